The van der Waals surface area contributed by atoms with Gasteiger partial charge >= 0.3 is 6.03 Å². The van der Waals surface area contributed by atoms with Crippen LogP contribution < -0.4 is 11.2 Å². The Labute approximate surface area is 163 Å². The van der Waals surface area contributed by atoms with Crippen molar-refractivity contribution < 1.29 is 4.79 Å². The zero-order valence-electron chi connectivity index (χ0n) is 17.4. The summed E-state index contributed by atoms with van der Waals surface area (Å²) in [5.74, 6) is 2.40. The van der Waals surface area contributed by atoms with Crippen molar-refractivity contribution in [3.63, 3.8) is 0 Å². The van der Waals surface area contributed by atoms with E-state index >= 15 is 0 Å². The van der Waals surface area contributed by atoms with Crippen molar-refractivity contribution in [2.75, 3.05) is 0 Å². The number of urea groups is 1. The first-order valence-electron chi connectivity index (χ1n) is 10.7. The fourth-order valence-electron chi connectivity index (χ4n) is 6.86. The standard InChI is InChI=1S/C23H35N3O/c1-14(25-26-21(24)27)15-9-12-23(4)16(13-15)5-6-17-18-10-11-22(2,3)19(18)7-8-20(17)23/h9,16-17,20H,5-8,10-13H2,1-4H3,(H3,24,26,27)/t16-,17-,20+,23-/m0/s1. The normalized spacial score (nSPS) is 37.9. The SMILES string of the molecule is CC(=NNC(N)=O)C1=CC[C@@]2(C)[C@@H](CC[C@H]3C4=C(CC[C@H]32)C(C)(C)CC4)C1. The Morgan fingerprint density at radius 2 is 2.00 bits per heavy atom. The van der Waals surface area contributed by atoms with Crippen molar-refractivity contribution in [2.45, 2.75) is 79.1 Å². The van der Waals surface area contributed by atoms with Gasteiger partial charge in [-0.3, -0.25) is 0 Å². The zero-order chi connectivity index (χ0) is 19.4. The van der Waals surface area contributed by atoms with Crippen molar-refractivity contribution >= 4 is 11.7 Å². The molecule has 4 atom stereocenters. The lowest BCUT2D eigenvalue weighted by molar-refractivity contribution is -0.00481. The summed E-state index contributed by atoms with van der Waals surface area (Å²) >= 11 is 0. The lowest BCUT2D eigenvalue weighted by Crippen LogP contribution is -2.47. The fraction of sp³-hybridized carbons (Fsp3) is 0.739. The van der Waals surface area contributed by atoms with E-state index in [0.717, 1.165) is 36.3 Å². The van der Waals surface area contributed by atoms with Crippen LogP contribution in [0.15, 0.2) is 27.9 Å². The van der Waals surface area contributed by atoms with Crippen LogP contribution in [0.4, 0.5) is 4.79 Å². The average Bonchev–Trinajstić information content (AvgIpc) is 2.94. The van der Waals surface area contributed by atoms with Crippen LogP contribution in [0.1, 0.15) is 79.1 Å². The van der Waals surface area contributed by atoms with E-state index in [0.29, 0.717) is 10.8 Å². The summed E-state index contributed by atoms with van der Waals surface area (Å²) in [6, 6.07) is -0.595. The van der Waals surface area contributed by atoms with Gasteiger partial charge in [0.2, 0.25) is 0 Å². The predicted molar refractivity (Wildman–Crippen MR) is 110 cm³/mol. The first-order valence-corrected chi connectivity index (χ1v) is 10.7. The van der Waals surface area contributed by atoms with Gasteiger partial charge in [-0.15, -0.1) is 0 Å². The molecular formula is C23H35N3O. The third-order valence-corrected chi connectivity index (χ3v) is 8.52. The number of fused-ring (bicyclic) bond motifs is 4. The lowest BCUT2D eigenvalue weighted by Gasteiger charge is -2.55. The Morgan fingerprint density at radius 1 is 1.22 bits per heavy atom. The van der Waals surface area contributed by atoms with E-state index in [4.69, 9.17) is 5.73 Å². The summed E-state index contributed by atoms with van der Waals surface area (Å²) in [6.45, 7) is 9.46. The Balaban J connectivity index is 1.57. The van der Waals surface area contributed by atoms with E-state index in [9.17, 15) is 4.79 Å². The minimum Gasteiger partial charge on any atom is -0.350 e. The van der Waals surface area contributed by atoms with Crippen molar-refractivity contribution in [1.82, 2.24) is 5.43 Å². The van der Waals surface area contributed by atoms with Gasteiger partial charge in [-0.05, 0) is 92.4 Å². The molecule has 4 heteroatoms. The van der Waals surface area contributed by atoms with Crippen LogP contribution >= 0.6 is 0 Å². The molecule has 3 N–H and O–H groups in total. The molecule has 4 nitrogen and oxygen atoms in total. The summed E-state index contributed by atoms with van der Waals surface area (Å²) in [4.78, 5) is 10.9. The van der Waals surface area contributed by atoms with Gasteiger partial charge in [0.25, 0.3) is 0 Å². The quantitative estimate of drug-likeness (QED) is 0.386. The molecular weight excluding hydrogens is 334 g/mol. The molecule has 0 aromatic carbocycles. The summed E-state index contributed by atoms with van der Waals surface area (Å²) in [5, 5.41) is 4.17. The first-order chi connectivity index (χ1) is 12.7. The molecule has 4 rings (SSSR count). The van der Waals surface area contributed by atoms with Crippen LogP contribution in [0.3, 0.4) is 0 Å². The second-order valence-corrected chi connectivity index (χ2v) is 10.2. The highest BCUT2D eigenvalue weighted by Gasteiger charge is 2.53. The van der Waals surface area contributed by atoms with E-state index in [1.807, 2.05) is 18.1 Å². The minimum atomic E-state index is -0.595. The van der Waals surface area contributed by atoms with Gasteiger partial charge in [-0.25, -0.2) is 10.2 Å². The Hall–Kier alpha value is -1.58. The number of rotatable bonds is 2. The lowest BCUT2D eigenvalue weighted by atomic mass is 9.49. The van der Waals surface area contributed by atoms with E-state index in [1.165, 1.54) is 44.1 Å². The number of amides is 2. The van der Waals surface area contributed by atoms with Crippen molar-refractivity contribution in [1.29, 1.82) is 0 Å². The van der Waals surface area contributed by atoms with Gasteiger partial charge < -0.3 is 5.73 Å². The third-order valence-electron chi connectivity index (χ3n) is 8.52. The molecule has 1 saturated carbocycles. The van der Waals surface area contributed by atoms with Gasteiger partial charge in [0, 0.05) is 0 Å². The molecule has 27 heavy (non-hydrogen) atoms. The number of primary amides is 1. The molecule has 0 spiro atoms. The number of nitrogens with two attached hydrogens (primary N) is 1. The van der Waals surface area contributed by atoms with E-state index in [-0.39, 0.29) is 0 Å². The molecule has 0 aromatic heterocycles. The number of nitrogens with zero attached hydrogens (tertiary/aromatic N) is 1. The Bertz CT molecular complexity index is 745. The fourth-order valence-corrected chi connectivity index (χ4v) is 6.86. The molecule has 4 aliphatic carbocycles. The molecule has 2 amide bonds. The molecule has 4 aliphatic rings. The molecule has 0 bridgehead atoms. The molecule has 0 aliphatic heterocycles. The number of hydrazone groups is 1. The molecule has 148 valence electrons. The van der Waals surface area contributed by atoms with Crippen molar-refractivity contribution in [3.8, 4) is 0 Å². The van der Waals surface area contributed by atoms with Gasteiger partial charge in [0.15, 0.2) is 0 Å². The molecule has 0 radical (unpaired) electrons. The first kappa shape index (κ1) is 18.8. The summed E-state index contributed by atoms with van der Waals surface area (Å²) in [6.07, 6.45) is 12.7. The second kappa shape index (κ2) is 6.49. The molecule has 0 unspecified atom stereocenters. The number of allylic oxidation sites excluding steroid dienone is 4. The van der Waals surface area contributed by atoms with E-state index in [1.54, 1.807) is 0 Å². The van der Waals surface area contributed by atoms with Crippen molar-refractivity contribution in [3.05, 3.63) is 22.8 Å². The highest BCUT2D eigenvalue weighted by atomic mass is 16.2. The number of carbonyl (C=O) groups excluding carboxylic acids is 1. The smallest absolute Gasteiger partial charge is 0.332 e. The molecule has 1 fully saturated rings. The number of hydrogen-bond donors (Lipinski definition) is 2. The number of hydrogen-bond acceptors (Lipinski definition) is 2. The van der Waals surface area contributed by atoms with Gasteiger partial charge in [-0.1, -0.05) is 38.0 Å². The van der Waals surface area contributed by atoms with Crippen molar-refractivity contribution in [2.24, 2.45) is 39.4 Å². The molecule has 0 aromatic rings. The topological polar surface area (TPSA) is 67.5 Å². The highest BCUT2D eigenvalue weighted by Crippen LogP contribution is 2.63. The Kier molecular flexibility index (Phi) is 4.51. The van der Waals surface area contributed by atoms with E-state index < -0.39 is 6.03 Å². The van der Waals surface area contributed by atoms with Crippen LogP contribution in [-0.2, 0) is 0 Å². The minimum absolute atomic E-state index is 0.412. The van der Waals surface area contributed by atoms with Crippen LogP contribution in [0.5, 0.6) is 0 Å². The van der Waals surface area contributed by atoms with Crippen LogP contribution in [0.25, 0.3) is 0 Å². The number of nitrogens with one attached hydrogen (secondary N) is 1. The largest absolute Gasteiger partial charge is 0.350 e. The summed E-state index contributed by atoms with van der Waals surface area (Å²) in [5.41, 5.74) is 14.3. The molecule has 0 saturated heterocycles. The van der Waals surface area contributed by atoms with Gasteiger partial charge in [0.05, 0.1) is 5.71 Å². The number of carbonyl (C=O) groups is 1. The van der Waals surface area contributed by atoms with Crippen LogP contribution in [0.2, 0.25) is 0 Å². The monoisotopic (exact) mass is 369 g/mol. The van der Waals surface area contributed by atoms with Gasteiger partial charge in [-0.2, -0.15) is 5.10 Å². The van der Waals surface area contributed by atoms with Crippen LogP contribution in [-0.4, -0.2) is 11.7 Å². The Morgan fingerprint density at radius 3 is 2.74 bits per heavy atom. The van der Waals surface area contributed by atoms with Gasteiger partial charge in [0.1, 0.15) is 0 Å². The maximum atomic E-state index is 10.9. The molecule has 0 heterocycles. The third kappa shape index (κ3) is 3.05. The highest BCUT2D eigenvalue weighted by molar-refractivity contribution is 5.98. The van der Waals surface area contributed by atoms with Crippen LogP contribution in [0, 0.1) is 28.6 Å². The maximum absolute atomic E-state index is 10.9. The predicted octanol–water partition coefficient (Wildman–Crippen LogP) is 5.31. The maximum Gasteiger partial charge on any atom is 0.332 e. The summed E-state index contributed by atoms with van der Waals surface area (Å²) < 4.78 is 0. The average molecular weight is 370 g/mol. The second-order valence-electron chi connectivity index (χ2n) is 10.2. The summed E-state index contributed by atoms with van der Waals surface area (Å²) in [7, 11) is 0. The zero-order valence-corrected chi connectivity index (χ0v) is 17.4. The van der Waals surface area contributed by atoms with E-state index in [2.05, 4.69) is 37.4 Å².